The molecule has 5 nitrogen and oxygen atoms in total. The molecule has 0 bridgehead atoms. The standard InChI is InChI=1S/C15H14BN3O2/c16-11-2-4-12(5-3-11)19(17)15(21)18-8-7-10-1-6-13(20)9-14(10)18/h1-6,9,20H,7-8,17H2. The van der Waals surface area contributed by atoms with Gasteiger partial charge in [-0.1, -0.05) is 23.7 Å². The van der Waals surface area contributed by atoms with Crippen LogP contribution in [-0.2, 0) is 6.42 Å². The van der Waals surface area contributed by atoms with Gasteiger partial charge in [-0.3, -0.25) is 4.90 Å². The number of phenols is 1. The molecule has 1 heterocycles. The minimum absolute atomic E-state index is 0.129. The van der Waals surface area contributed by atoms with E-state index >= 15 is 0 Å². The van der Waals surface area contributed by atoms with Crippen molar-refractivity contribution in [2.75, 3.05) is 16.5 Å². The van der Waals surface area contributed by atoms with Gasteiger partial charge in [-0.25, -0.2) is 15.6 Å². The van der Waals surface area contributed by atoms with Crippen molar-refractivity contribution in [1.29, 1.82) is 0 Å². The Morgan fingerprint density at radius 3 is 2.67 bits per heavy atom. The molecular weight excluding hydrogens is 265 g/mol. The molecule has 21 heavy (non-hydrogen) atoms. The summed E-state index contributed by atoms with van der Waals surface area (Å²) in [5, 5.41) is 10.7. The minimum atomic E-state index is -0.343. The van der Waals surface area contributed by atoms with Gasteiger partial charge in [-0.2, -0.15) is 0 Å². The molecule has 2 radical (unpaired) electrons. The molecule has 0 unspecified atom stereocenters. The Kier molecular flexibility index (Phi) is 3.31. The maximum absolute atomic E-state index is 12.5. The molecule has 0 saturated carbocycles. The van der Waals surface area contributed by atoms with E-state index in [4.69, 9.17) is 13.7 Å². The first kappa shape index (κ1) is 13.5. The van der Waals surface area contributed by atoms with Crippen molar-refractivity contribution in [1.82, 2.24) is 0 Å². The number of hydrogen-bond donors (Lipinski definition) is 2. The predicted octanol–water partition coefficient (Wildman–Crippen LogP) is 1.05. The largest absolute Gasteiger partial charge is 0.508 e. The summed E-state index contributed by atoms with van der Waals surface area (Å²) in [6.45, 7) is 0.542. The van der Waals surface area contributed by atoms with E-state index in [0.29, 0.717) is 23.4 Å². The highest BCUT2D eigenvalue weighted by molar-refractivity contribution is 6.32. The summed E-state index contributed by atoms with van der Waals surface area (Å²) >= 11 is 0. The fourth-order valence-electron chi connectivity index (χ4n) is 2.44. The Labute approximate surface area is 124 Å². The van der Waals surface area contributed by atoms with Crippen LogP contribution in [0.15, 0.2) is 42.5 Å². The third kappa shape index (κ3) is 2.45. The highest BCUT2D eigenvalue weighted by Gasteiger charge is 2.28. The van der Waals surface area contributed by atoms with Gasteiger partial charge in [0.05, 0.1) is 11.4 Å². The van der Waals surface area contributed by atoms with Gasteiger partial charge in [-0.15, -0.1) is 0 Å². The molecule has 0 spiro atoms. The van der Waals surface area contributed by atoms with Gasteiger partial charge in [0.15, 0.2) is 0 Å². The molecule has 1 aliphatic heterocycles. The number of carbonyl (C=O) groups excluding carboxylic acids is 1. The van der Waals surface area contributed by atoms with Gasteiger partial charge in [0.1, 0.15) is 13.6 Å². The van der Waals surface area contributed by atoms with Gasteiger partial charge in [0, 0.05) is 12.6 Å². The van der Waals surface area contributed by atoms with E-state index in [1.54, 1.807) is 41.3 Å². The first-order valence-corrected chi connectivity index (χ1v) is 6.60. The summed E-state index contributed by atoms with van der Waals surface area (Å²) in [5.41, 5.74) is 2.89. The molecule has 1 aliphatic rings. The van der Waals surface area contributed by atoms with Crippen molar-refractivity contribution in [2.45, 2.75) is 6.42 Å². The highest BCUT2D eigenvalue weighted by atomic mass is 16.3. The number of anilines is 2. The van der Waals surface area contributed by atoms with Crippen molar-refractivity contribution in [3.8, 4) is 5.75 Å². The van der Waals surface area contributed by atoms with Crippen molar-refractivity contribution in [2.24, 2.45) is 5.84 Å². The van der Waals surface area contributed by atoms with Crippen LogP contribution in [0.25, 0.3) is 0 Å². The molecule has 0 atom stereocenters. The minimum Gasteiger partial charge on any atom is -0.508 e. The maximum atomic E-state index is 12.5. The van der Waals surface area contributed by atoms with Crippen molar-refractivity contribution in [3.05, 3.63) is 48.0 Å². The number of hydrogen-bond acceptors (Lipinski definition) is 3. The lowest BCUT2D eigenvalue weighted by Crippen LogP contribution is -2.47. The average molecular weight is 279 g/mol. The highest BCUT2D eigenvalue weighted by Crippen LogP contribution is 2.32. The van der Waals surface area contributed by atoms with E-state index in [1.807, 2.05) is 6.07 Å². The summed E-state index contributed by atoms with van der Waals surface area (Å²) < 4.78 is 0. The number of rotatable bonds is 1. The van der Waals surface area contributed by atoms with Crippen molar-refractivity contribution in [3.63, 3.8) is 0 Å². The maximum Gasteiger partial charge on any atom is 0.343 e. The molecule has 2 aromatic carbocycles. The zero-order chi connectivity index (χ0) is 15.0. The van der Waals surface area contributed by atoms with Crippen LogP contribution in [0.5, 0.6) is 5.75 Å². The van der Waals surface area contributed by atoms with E-state index < -0.39 is 0 Å². The number of benzene rings is 2. The number of aromatic hydroxyl groups is 1. The number of amides is 2. The summed E-state index contributed by atoms with van der Waals surface area (Å²) in [4.78, 5) is 14.1. The second kappa shape index (κ2) is 5.14. The van der Waals surface area contributed by atoms with Crippen LogP contribution >= 0.6 is 0 Å². The fourth-order valence-corrected chi connectivity index (χ4v) is 2.44. The quantitative estimate of drug-likeness (QED) is 0.355. The van der Waals surface area contributed by atoms with Crippen LogP contribution in [0.3, 0.4) is 0 Å². The third-order valence-electron chi connectivity index (χ3n) is 3.57. The first-order valence-electron chi connectivity index (χ1n) is 6.60. The van der Waals surface area contributed by atoms with Gasteiger partial charge in [0.25, 0.3) is 0 Å². The molecule has 0 saturated heterocycles. The lowest BCUT2D eigenvalue weighted by Gasteiger charge is -2.24. The van der Waals surface area contributed by atoms with Crippen LogP contribution in [0, 0.1) is 0 Å². The molecule has 0 fully saturated rings. The summed E-state index contributed by atoms with van der Waals surface area (Å²) in [6, 6.07) is 11.4. The van der Waals surface area contributed by atoms with Gasteiger partial charge >= 0.3 is 6.03 Å². The molecule has 104 valence electrons. The monoisotopic (exact) mass is 279 g/mol. The molecule has 3 rings (SSSR count). The Hall–Kier alpha value is -2.47. The third-order valence-corrected chi connectivity index (χ3v) is 3.57. The topological polar surface area (TPSA) is 69.8 Å². The number of hydrazine groups is 1. The average Bonchev–Trinajstić information content (AvgIpc) is 2.89. The van der Waals surface area contributed by atoms with Crippen LogP contribution in [-0.4, -0.2) is 25.5 Å². The SMILES string of the molecule is [B]c1ccc(N(N)C(=O)N2CCc3ccc(O)cc32)cc1. The Bertz CT molecular complexity index is 688. The summed E-state index contributed by atoms with van der Waals surface area (Å²) in [5.74, 6) is 6.03. The number of fused-ring (bicyclic) bond motifs is 1. The predicted molar refractivity (Wildman–Crippen MR) is 83.0 cm³/mol. The van der Waals surface area contributed by atoms with Crippen LogP contribution < -0.4 is 21.2 Å². The Morgan fingerprint density at radius 2 is 1.95 bits per heavy atom. The number of urea groups is 1. The van der Waals surface area contributed by atoms with E-state index in [2.05, 4.69) is 0 Å². The molecular formula is C15H14BN3O2. The van der Waals surface area contributed by atoms with Gasteiger partial charge in [-0.05, 0) is 30.2 Å². The molecule has 6 heteroatoms. The molecule has 3 N–H and O–H groups in total. The molecule has 2 amide bonds. The van der Waals surface area contributed by atoms with Gasteiger partial charge in [0.2, 0.25) is 0 Å². The Balaban J connectivity index is 1.87. The van der Waals surface area contributed by atoms with E-state index in [-0.39, 0.29) is 11.8 Å². The Morgan fingerprint density at radius 1 is 1.24 bits per heavy atom. The summed E-state index contributed by atoms with van der Waals surface area (Å²) in [7, 11) is 5.62. The number of nitrogens with zero attached hydrogens (tertiary/aromatic N) is 2. The van der Waals surface area contributed by atoms with Gasteiger partial charge < -0.3 is 5.11 Å². The zero-order valence-corrected chi connectivity index (χ0v) is 11.4. The number of phenolic OH excluding ortho intramolecular Hbond substituents is 1. The van der Waals surface area contributed by atoms with Crippen molar-refractivity contribution < 1.29 is 9.90 Å². The first-order chi connectivity index (χ1) is 10.1. The number of carbonyl (C=O) groups is 1. The van der Waals surface area contributed by atoms with E-state index in [0.717, 1.165) is 17.0 Å². The normalized spacial score (nSPS) is 13.1. The molecule has 0 aliphatic carbocycles. The second-order valence-corrected chi connectivity index (χ2v) is 4.96. The van der Waals surface area contributed by atoms with Crippen LogP contribution in [0.1, 0.15) is 5.56 Å². The van der Waals surface area contributed by atoms with Crippen LogP contribution in [0.4, 0.5) is 16.2 Å². The summed E-state index contributed by atoms with van der Waals surface area (Å²) in [6.07, 6.45) is 0.747. The van der Waals surface area contributed by atoms with E-state index in [9.17, 15) is 9.90 Å². The zero-order valence-electron chi connectivity index (χ0n) is 11.4. The fraction of sp³-hybridized carbons (Fsp3) is 0.133. The number of nitrogens with two attached hydrogens (primary N) is 1. The van der Waals surface area contributed by atoms with E-state index in [1.165, 1.54) is 0 Å². The smallest absolute Gasteiger partial charge is 0.343 e. The second-order valence-electron chi connectivity index (χ2n) is 4.96. The lowest BCUT2D eigenvalue weighted by atomic mass is 9.96. The molecule has 0 aromatic heterocycles. The molecule has 2 aromatic rings. The van der Waals surface area contributed by atoms with Crippen LogP contribution in [0.2, 0.25) is 0 Å². The lowest BCUT2D eigenvalue weighted by molar-refractivity contribution is 0.252. The van der Waals surface area contributed by atoms with Crippen molar-refractivity contribution >= 4 is 30.7 Å².